The summed E-state index contributed by atoms with van der Waals surface area (Å²) in [6, 6.07) is 4.90. The van der Waals surface area contributed by atoms with Crippen molar-refractivity contribution in [2.75, 3.05) is 12.4 Å². The van der Waals surface area contributed by atoms with Crippen LogP contribution in [0.25, 0.3) is 11.1 Å². The van der Waals surface area contributed by atoms with E-state index in [0.29, 0.717) is 21.2 Å². The van der Waals surface area contributed by atoms with Gasteiger partial charge in [0.15, 0.2) is 0 Å². The molecular weight excluding hydrogens is 389 g/mol. The largest absolute Gasteiger partial charge is 0.481 e. The van der Waals surface area contributed by atoms with Gasteiger partial charge in [0.1, 0.15) is 10.6 Å². The molecule has 1 heterocycles. The number of halogens is 2. The van der Waals surface area contributed by atoms with E-state index in [1.807, 2.05) is 0 Å². The predicted octanol–water partition coefficient (Wildman–Crippen LogP) is 4.31. The molecule has 0 spiro atoms. The number of thiophene rings is 1. The minimum atomic E-state index is -1.08. The van der Waals surface area contributed by atoms with Crippen LogP contribution < -0.4 is 5.32 Å². The summed E-state index contributed by atoms with van der Waals surface area (Å²) in [5.74, 6) is -2.21. The van der Waals surface area contributed by atoms with Crippen molar-refractivity contribution < 1.29 is 24.2 Å². The van der Waals surface area contributed by atoms with Crippen LogP contribution in [0.2, 0.25) is 10.0 Å². The Morgan fingerprint density at radius 2 is 1.92 bits per heavy atom. The SMILES string of the molecule is COC(=O)c1c(-c2ccc(Cl)c(Cl)c2)csc1NC(=O)CCC(=O)O. The first-order valence-electron chi connectivity index (χ1n) is 7.00. The number of rotatable bonds is 6. The van der Waals surface area contributed by atoms with Crippen LogP contribution in [0.3, 0.4) is 0 Å². The number of benzene rings is 1. The minimum Gasteiger partial charge on any atom is -0.481 e. The number of carbonyl (C=O) groups excluding carboxylic acids is 2. The van der Waals surface area contributed by atoms with Crippen LogP contribution in [0.1, 0.15) is 23.2 Å². The number of amides is 1. The Labute approximate surface area is 157 Å². The van der Waals surface area contributed by atoms with Crippen molar-refractivity contribution in [1.29, 1.82) is 0 Å². The van der Waals surface area contributed by atoms with Crippen LogP contribution in [-0.4, -0.2) is 30.1 Å². The summed E-state index contributed by atoms with van der Waals surface area (Å²) in [5.41, 5.74) is 1.34. The molecule has 132 valence electrons. The highest BCUT2D eigenvalue weighted by Crippen LogP contribution is 2.38. The van der Waals surface area contributed by atoms with Gasteiger partial charge >= 0.3 is 11.9 Å². The Morgan fingerprint density at radius 1 is 1.20 bits per heavy atom. The van der Waals surface area contributed by atoms with Gasteiger partial charge in [0, 0.05) is 17.4 Å². The number of carboxylic acid groups (broad SMARTS) is 1. The van der Waals surface area contributed by atoms with Crippen molar-refractivity contribution in [3.8, 4) is 11.1 Å². The Balaban J connectivity index is 2.37. The minimum absolute atomic E-state index is 0.176. The first-order valence-corrected chi connectivity index (χ1v) is 8.64. The maximum absolute atomic E-state index is 12.2. The third-order valence-electron chi connectivity index (χ3n) is 3.23. The molecule has 0 unspecified atom stereocenters. The van der Waals surface area contributed by atoms with E-state index in [2.05, 4.69) is 5.32 Å². The van der Waals surface area contributed by atoms with Gasteiger partial charge < -0.3 is 15.2 Å². The lowest BCUT2D eigenvalue weighted by atomic mass is 10.0. The number of anilines is 1. The maximum atomic E-state index is 12.2. The maximum Gasteiger partial charge on any atom is 0.341 e. The molecule has 25 heavy (non-hydrogen) atoms. The summed E-state index contributed by atoms with van der Waals surface area (Å²) in [6.07, 6.45) is -0.500. The van der Waals surface area contributed by atoms with E-state index in [1.165, 1.54) is 7.11 Å². The molecule has 1 aromatic heterocycles. The molecule has 1 aromatic carbocycles. The van der Waals surface area contributed by atoms with Crippen molar-refractivity contribution >= 4 is 57.4 Å². The fraction of sp³-hybridized carbons (Fsp3) is 0.188. The van der Waals surface area contributed by atoms with E-state index in [-0.39, 0.29) is 23.4 Å². The molecule has 1 amide bonds. The Hall–Kier alpha value is -2.09. The van der Waals surface area contributed by atoms with Crippen LogP contribution in [0, 0.1) is 0 Å². The number of hydrogen-bond acceptors (Lipinski definition) is 5. The summed E-state index contributed by atoms with van der Waals surface area (Å²) < 4.78 is 4.79. The van der Waals surface area contributed by atoms with E-state index in [0.717, 1.165) is 11.3 Å². The lowest BCUT2D eigenvalue weighted by Gasteiger charge is -2.08. The average molecular weight is 402 g/mol. The van der Waals surface area contributed by atoms with E-state index in [4.69, 9.17) is 33.0 Å². The quantitative estimate of drug-likeness (QED) is 0.703. The fourth-order valence-electron chi connectivity index (χ4n) is 2.04. The second-order valence-electron chi connectivity index (χ2n) is 4.92. The molecule has 6 nitrogen and oxygen atoms in total. The topological polar surface area (TPSA) is 92.7 Å². The van der Waals surface area contributed by atoms with Crippen molar-refractivity contribution in [2.24, 2.45) is 0 Å². The molecule has 0 aliphatic carbocycles. The Bertz CT molecular complexity index is 834. The van der Waals surface area contributed by atoms with Gasteiger partial charge in [-0.25, -0.2) is 4.79 Å². The van der Waals surface area contributed by atoms with Crippen LogP contribution in [0.5, 0.6) is 0 Å². The van der Waals surface area contributed by atoms with Gasteiger partial charge in [-0.2, -0.15) is 0 Å². The summed E-state index contributed by atoms with van der Waals surface area (Å²) in [5, 5.41) is 13.9. The molecular formula is C16H13Cl2NO5S. The Kier molecular flexibility index (Phi) is 6.41. The summed E-state index contributed by atoms with van der Waals surface area (Å²) >= 11 is 13.1. The first-order chi connectivity index (χ1) is 11.8. The number of hydrogen-bond donors (Lipinski definition) is 2. The van der Waals surface area contributed by atoms with Gasteiger partial charge in [-0.15, -0.1) is 11.3 Å². The van der Waals surface area contributed by atoms with Crippen molar-refractivity contribution in [1.82, 2.24) is 0 Å². The highest BCUT2D eigenvalue weighted by molar-refractivity contribution is 7.15. The normalized spacial score (nSPS) is 10.4. The zero-order valence-electron chi connectivity index (χ0n) is 13.0. The standard InChI is InChI=1S/C16H13Cl2NO5S/c1-24-16(23)14-9(8-2-3-10(17)11(18)6-8)7-25-15(14)19-12(20)4-5-13(21)22/h2-3,6-7H,4-5H2,1H3,(H,19,20)(H,21,22). The van der Waals surface area contributed by atoms with Gasteiger partial charge in [0.25, 0.3) is 0 Å². The third kappa shape index (κ3) is 4.72. The molecule has 9 heteroatoms. The van der Waals surface area contributed by atoms with Gasteiger partial charge in [-0.3, -0.25) is 9.59 Å². The molecule has 0 atom stereocenters. The smallest absolute Gasteiger partial charge is 0.341 e. The van der Waals surface area contributed by atoms with E-state index in [9.17, 15) is 14.4 Å². The van der Waals surface area contributed by atoms with Crippen LogP contribution in [0.15, 0.2) is 23.6 Å². The zero-order valence-corrected chi connectivity index (χ0v) is 15.3. The van der Waals surface area contributed by atoms with E-state index in [1.54, 1.807) is 23.6 Å². The van der Waals surface area contributed by atoms with Crippen LogP contribution in [-0.2, 0) is 14.3 Å². The highest BCUT2D eigenvalue weighted by atomic mass is 35.5. The van der Waals surface area contributed by atoms with Gasteiger partial charge in [-0.05, 0) is 17.7 Å². The first kappa shape index (κ1) is 19.2. The molecule has 0 radical (unpaired) electrons. The second-order valence-corrected chi connectivity index (χ2v) is 6.61. The number of methoxy groups -OCH3 is 1. The van der Waals surface area contributed by atoms with Crippen LogP contribution >= 0.6 is 34.5 Å². The molecule has 0 saturated heterocycles. The lowest BCUT2D eigenvalue weighted by Crippen LogP contribution is -2.15. The van der Waals surface area contributed by atoms with Gasteiger partial charge in [0.2, 0.25) is 5.91 Å². The summed E-state index contributed by atoms with van der Waals surface area (Å²) in [7, 11) is 1.23. The number of esters is 1. The molecule has 0 bridgehead atoms. The summed E-state index contributed by atoms with van der Waals surface area (Å²) in [6.45, 7) is 0. The number of carbonyl (C=O) groups is 3. The van der Waals surface area contributed by atoms with E-state index >= 15 is 0 Å². The van der Waals surface area contributed by atoms with Crippen molar-refractivity contribution in [3.05, 3.63) is 39.2 Å². The third-order valence-corrected chi connectivity index (χ3v) is 4.86. The number of ether oxygens (including phenoxy) is 1. The van der Waals surface area contributed by atoms with Gasteiger partial charge in [0.05, 0.1) is 23.6 Å². The van der Waals surface area contributed by atoms with Crippen LogP contribution in [0.4, 0.5) is 5.00 Å². The predicted molar refractivity (Wildman–Crippen MR) is 96.6 cm³/mol. The van der Waals surface area contributed by atoms with Gasteiger partial charge in [-0.1, -0.05) is 29.3 Å². The second kappa shape index (κ2) is 8.33. The monoisotopic (exact) mass is 401 g/mol. The molecule has 2 aromatic rings. The average Bonchev–Trinajstić information content (AvgIpc) is 2.98. The van der Waals surface area contributed by atoms with E-state index < -0.39 is 17.8 Å². The molecule has 0 aliphatic rings. The number of carboxylic acids is 1. The number of nitrogens with one attached hydrogen (secondary N) is 1. The highest BCUT2D eigenvalue weighted by Gasteiger charge is 2.22. The zero-order chi connectivity index (χ0) is 18.6. The summed E-state index contributed by atoms with van der Waals surface area (Å²) in [4.78, 5) is 34.6. The van der Waals surface area contributed by atoms with Crippen molar-refractivity contribution in [3.63, 3.8) is 0 Å². The van der Waals surface area contributed by atoms with Crippen molar-refractivity contribution in [2.45, 2.75) is 12.8 Å². The molecule has 2 N–H and O–H groups in total. The Morgan fingerprint density at radius 3 is 2.52 bits per heavy atom. The molecule has 0 saturated carbocycles. The fourth-order valence-corrected chi connectivity index (χ4v) is 3.31. The molecule has 0 aliphatic heterocycles. The molecule has 0 fully saturated rings. The number of aliphatic carboxylic acids is 1. The lowest BCUT2D eigenvalue weighted by molar-refractivity contribution is -0.138. The molecule has 2 rings (SSSR count).